The third kappa shape index (κ3) is 3.21. The molecule has 1 aromatic carbocycles. The van der Waals surface area contributed by atoms with Crippen LogP contribution in [-0.4, -0.2) is 15.1 Å². The molecule has 0 saturated heterocycles. The van der Waals surface area contributed by atoms with Gasteiger partial charge >= 0.3 is 0 Å². The third-order valence-corrected chi connectivity index (χ3v) is 3.52. The van der Waals surface area contributed by atoms with Gasteiger partial charge in [0.1, 0.15) is 5.82 Å². The van der Waals surface area contributed by atoms with E-state index in [0.717, 1.165) is 11.8 Å². The van der Waals surface area contributed by atoms with Gasteiger partial charge in [0.2, 0.25) is 0 Å². The second-order valence-corrected chi connectivity index (χ2v) is 5.13. The van der Waals surface area contributed by atoms with Crippen molar-refractivity contribution in [2.24, 2.45) is 0 Å². The van der Waals surface area contributed by atoms with Gasteiger partial charge in [-0.25, -0.2) is 9.37 Å². The highest BCUT2D eigenvalue weighted by Gasteiger charge is 2.15. The fourth-order valence-corrected chi connectivity index (χ4v) is 2.72. The fourth-order valence-electron chi connectivity index (χ4n) is 1.66. The molecule has 0 amide bonds. The largest absolute Gasteiger partial charge is 0.389 e. The zero-order valence-electron chi connectivity index (χ0n) is 10.5. The van der Waals surface area contributed by atoms with E-state index in [4.69, 9.17) is 0 Å². The Bertz CT molecular complexity index is 655. The zero-order chi connectivity index (χ0) is 14.0. The molecule has 6 heteroatoms. The van der Waals surface area contributed by atoms with Gasteiger partial charge < -0.3 is 10.1 Å². The molecule has 0 aliphatic rings. The van der Waals surface area contributed by atoms with Crippen molar-refractivity contribution in [1.29, 1.82) is 0 Å². The molecule has 2 N–H and O–H groups in total. The van der Waals surface area contributed by atoms with Crippen molar-refractivity contribution in [3.05, 3.63) is 51.7 Å². The number of rotatable bonds is 3. The molecule has 0 bridgehead atoms. The Kier molecular flexibility index (Phi) is 4.01. The lowest BCUT2D eigenvalue weighted by molar-refractivity contribution is 0.195. The Morgan fingerprint density at radius 1 is 1.47 bits per heavy atom. The van der Waals surface area contributed by atoms with Gasteiger partial charge in [-0.3, -0.25) is 4.79 Å². The fraction of sp³-hybridized carbons (Fsp3) is 0.231. The van der Waals surface area contributed by atoms with Crippen LogP contribution in [0.2, 0.25) is 0 Å². The van der Waals surface area contributed by atoms with Gasteiger partial charge in [0.05, 0.1) is 11.0 Å². The summed E-state index contributed by atoms with van der Waals surface area (Å²) in [5.74, 6) is -0.451. The van der Waals surface area contributed by atoms with Crippen LogP contribution in [0, 0.1) is 12.7 Å². The maximum Gasteiger partial charge on any atom is 0.251 e. The average Bonchev–Trinajstić information content (AvgIpc) is 2.30. The lowest BCUT2D eigenvalue weighted by Crippen LogP contribution is -2.08. The number of nitrogens with one attached hydrogen (secondary N) is 1. The van der Waals surface area contributed by atoms with Crippen LogP contribution in [0.5, 0.6) is 0 Å². The standard InChI is InChI=1S/C13H13FN2O2S/c1-7-6-11(18)16-13(15-7)19-12-9(8(2)17)4-3-5-10(12)14/h3-6,8,17H,1-2H3,(H,15,16,18)/t8-/m0/s1. The SMILES string of the molecule is Cc1cc(=O)[nH]c(Sc2c(F)cccc2[C@H](C)O)n1. The van der Waals surface area contributed by atoms with E-state index in [2.05, 4.69) is 9.97 Å². The highest BCUT2D eigenvalue weighted by atomic mass is 32.2. The highest BCUT2D eigenvalue weighted by molar-refractivity contribution is 7.99. The van der Waals surface area contributed by atoms with Crippen LogP contribution in [0.25, 0.3) is 0 Å². The summed E-state index contributed by atoms with van der Waals surface area (Å²) in [4.78, 5) is 18.3. The predicted molar refractivity (Wildman–Crippen MR) is 70.8 cm³/mol. The molecule has 0 spiro atoms. The number of aliphatic hydroxyl groups excluding tert-OH is 1. The lowest BCUT2D eigenvalue weighted by Gasteiger charge is -2.11. The molecular weight excluding hydrogens is 267 g/mol. The van der Waals surface area contributed by atoms with E-state index < -0.39 is 11.9 Å². The number of aryl methyl sites for hydroxylation is 1. The first-order valence-electron chi connectivity index (χ1n) is 5.69. The van der Waals surface area contributed by atoms with Gasteiger partial charge in [-0.2, -0.15) is 0 Å². The number of nitrogens with zero attached hydrogens (tertiary/aromatic N) is 1. The quantitative estimate of drug-likeness (QED) is 0.847. The summed E-state index contributed by atoms with van der Waals surface area (Å²) in [5, 5.41) is 9.95. The second-order valence-electron chi connectivity index (χ2n) is 4.13. The summed E-state index contributed by atoms with van der Waals surface area (Å²) in [6.07, 6.45) is -0.797. The number of aromatic nitrogens is 2. The van der Waals surface area contributed by atoms with Crippen LogP contribution in [0.1, 0.15) is 24.3 Å². The third-order valence-electron chi connectivity index (χ3n) is 2.49. The average molecular weight is 280 g/mol. The number of benzene rings is 1. The highest BCUT2D eigenvalue weighted by Crippen LogP contribution is 2.33. The van der Waals surface area contributed by atoms with Crippen molar-refractivity contribution >= 4 is 11.8 Å². The summed E-state index contributed by atoms with van der Waals surface area (Å²) < 4.78 is 13.8. The molecule has 1 aromatic heterocycles. The smallest absolute Gasteiger partial charge is 0.251 e. The minimum atomic E-state index is -0.797. The molecule has 1 atom stereocenters. The van der Waals surface area contributed by atoms with Crippen LogP contribution in [0.15, 0.2) is 39.1 Å². The molecule has 0 unspecified atom stereocenters. The van der Waals surface area contributed by atoms with Gasteiger partial charge in [-0.05, 0) is 37.2 Å². The summed E-state index contributed by atoms with van der Waals surface area (Å²) in [5.41, 5.74) is 0.736. The molecule has 0 aliphatic carbocycles. The molecule has 100 valence electrons. The molecule has 2 rings (SSSR count). The summed E-state index contributed by atoms with van der Waals surface area (Å²) in [6.45, 7) is 3.25. The minimum Gasteiger partial charge on any atom is -0.389 e. The maximum atomic E-state index is 13.8. The van der Waals surface area contributed by atoms with Crippen molar-refractivity contribution < 1.29 is 9.50 Å². The normalized spacial score (nSPS) is 12.4. The second kappa shape index (κ2) is 5.54. The Morgan fingerprint density at radius 3 is 2.84 bits per heavy atom. The first-order valence-corrected chi connectivity index (χ1v) is 6.51. The number of hydrogen-bond donors (Lipinski definition) is 2. The molecule has 4 nitrogen and oxygen atoms in total. The van der Waals surface area contributed by atoms with Crippen LogP contribution < -0.4 is 5.56 Å². The van der Waals surface area contributed by atoms with Gasteiger partial charge in [0.15, 0.2) is 5.16 Å². The van der Waals surface area contributed by atoms with E-state index in [9.17, 15) is 14.3 Å². The first-order chi connectivity index (χ1) is 8.97. The first kappa shape index (κ1) is 13.8. The van der Waals surface area contributed by atoms with E-state index in [1.165, 1.54) is 18.2 Å². The van der Waals surface area contributed by atoms with E-state index in [1.807, 2.05) is 0 Å². The van der Waals surface area contributed by atoms with Crippen molar-refractivity contribution in [2.75, 3.05) is 0 Å². The number of halogens is 1. The van der Waals surface area contributed by atoms with Gasteiger partial charge in [0, 0.05) is 11.8 Å². The van der Waals surface area contributed by atoms with Crippen molar-refractivity contribution in [3.63, 3.8) is 0 Å². The molecule has 19 heavy (non-hydrogen) atoms. The Hall–Kier alpha value is -1.66. The Morgan fingerprint density at radius 2 is 2.21 bits per heavy atom. The maximum absolute atomic E-state index is 13.8. The molecular formula is C13H13FN2O2S. The molecule has 0 saturated carbocycles. The number of H-pyrrole nitrogens is 1. The lowest BCUT2D eigenvalue weighted by atomic mass is 10.1. The van der Waals surface area contributed by atoms with E-state index in [1.54, 1.807) is 19.9 Å². The van der Waals surface area contributed by atoms with Gasteiger partial charge in [-0.15, -0.1) is 0 Å². The molecule has 1 heterocycles. The topological polar surface area (TPSA) is 66.0 Å². The number of hydrogen-bond acceptors (Lipinski definition) is 4. The minimum absolute atomic E-state index is 0.270. The molecule has 0 aliphatic heterocycles. The summed E-state index contributed by atoms with van der Waals surface area (Å²) in [7, 11) is 0. The summed E-state index contributed by atoms with van der Waals surface area (Å²) in [6, 6.07) is 5.85. The Labute approximate surface area is 113 Å². The molecule has 2 aromatic rings. The van der Waals surface area contributed by atoms with Crippen LogP contribution in [0.4, 0.5) is 4.39 Å². The number of aromatic amines is 1. The van der Waals surface area contributed by atoms with Crippen LogP contribution >= 0.6 is 11.8 Å². The number of aliphatic hydroxyl groups is 1. The van der Waals surface area contributed by atoms with Crippen LogP contribution in [-0.2, 0) is 0 Å². The molecule has 0 fully saturated rings. The summed E-state index contributed by atoms with van der Waals surface area (Å²) >= 11 is 0.996. The van der Waals surface area contributed by atoms with Crippen molar-refractivity contribution in [2.45, 2.75) is 30.0 Å². The van der Waals surface area contributed by atoms with Gasteiger partial charge in [0.25, 0.3) is 5.56 Å². The van der Waals surface area contributed by atoms with E-state index in [-0.39, 0.29) is 10.5 Å². The van der Waals surface area contributed by atoms with E-state index in [0.29, 0.717) is 16.4 Å². The predicted octanol–water partition coefficient (Wildman–Crippen LogP) is 2.42. The zero-order valence-corrected chi connectivity index (χ0v) is 11.3. The van der Waals surface area contributed by atoms with Crippen LogP contribution in [0.3, 0.4) is 0 Å². The van der Waals surface area contributed by atoms with Crippen molar-refractivity contribution in [3.8, 4) is 0 Å². The monoisotopic (exact) mass is 280 g/mol. The van der Waals surface area contributed by atoms with E-state index >= 15 is 0 Å². The van der Waals surface area contributed by atoms with Crippen molar-refractivity contribution in [1.82, 2.24) is 9.97 Å². The molecule has 0 radical (unpaired) electrons. The van der Waals surface area contributed by atoms with Gasteiger partial charge in [-0.1, -0.05) is 12.1 Å². The Balaban J connectivity index is 2.45.